The van der Waals surface area contributed by atoms with E-state index < -0.39 is 0 Å². The van der Waals surface area contributed by atoms with Gasteiger partial charge in [-0.05, 0) is 37.0 Å². The third-order valence-electron chi connectivity index (χ3n) is 5.43. The van der Waals surface area contributed by atoms with E-state index in [1.54, 1.807) is 0 Å². The van der Waals surface area contributed by atoms with Gasteiger partial charge >= 0.3 is 0 Å². The molecule has 1 saturated heterocycles. The fourth-order valence-corrected chi connectivity index (χ4v) is 4.93. The SMILES string of the molecule is CC1CN(C2(CN)CCC(C(C)(C)C)CC2)CCS1. The highest BCUT2D eigenvalue weighted by molar-refractivity contribution is 7.99. The molecule has 2 N–H and O–H groups in total. The summed E-state index contributed by atoms with van der Waals surface area (Å²) >= 11 is 2.12. The Hall–Kier alpha value is 0.270. The summed E-state index contributed by atoms with van der Waals surface area (Å²) in [6.45, 7) is 12.9. The minimum atomic E-state index is 0.316. The van der Waals surface area contributed by atoms with E-state index in [4.69, 9.17) is 5.73 Å². The molecule has 2 aliphatic rings. The minimum absolute atomic E-state index is 0.316. The Bertz CT molecular complexity index is 290. The van der Waals surface area contributed by atoms with Crippen LogP contribution in [0.5, 0.6) is 0 Å². The number of hydrogen-bond acceptors (Lipinski definition) is 3. The maximum atomic E-state index is 6.22. The van der Waals surface area contributed by atoms with E-state index in [-0.39, 0.29) is 0 Å². The molecule has 2 rings (SSSR count). The molecule has 0 bridgehead atoms. The van der Waals surface area contributed by atoms with E-state index in [9.17, 15) is 0 Å². The van der Waals surface area contributed by atoms with Crippen molar-refractivity contribution in [1.29, 1.82) is 0 Å². The van der Waals surface area contributed by atoms with Crippen molar-refractivity contribution in [2.75, 3.05) is 25.4 Å². The first-order valence-corrected chi connectivity index (χ1v) is 8.99. The van der Waals surface area contributed by atoms with Gasteiger partial charge in [0.1, 0.15) is 0 Å². The van der Waals surface area contributed by atoms with Gasteiger partial charge in [0.15, 0.2) is 0 Å². The highest BCUT2D eigenvalue weighted by Gasteiger charge is 2.42. The summed E-state index contributed by atoms with van der Waals surface area (Å²) in [7, 11) is 0. The molecule has 1 heterocycles. The van der Waals surface area contributed by atoms with Crippen molar-refractivity contribution in [3.63, 3.8) is 0 Å². The van der Waals surface area contributed by atoms with Crippen LogP contribution in [0.25, 0.3) is 0 Å². The molecule has 0 spiro atoms. The monoisotopic (exact) mass is 284 g/mol. The quantitative estimate of drug-likeness (QED) is 0.843. The van der Waals surface area contributed by atoms with Gasteiger partial charge in [0.25, 0.3) is 0 Å². The van der Waals surface area contributed by atoms with Gasteiger partial charge in [0.2, 0.25) is 0 Å². The summed E-state index contributed by atoms with van der Waals surface area (Å²) in [5, 5.41) is 0.775. The van der Waals surface area contributed by atoms with Crippen LogP contribution in [0.15, 0.2) is 0 Å². The fraction of sp³-hybridized carbons (Fsp3) is 1.00. The van der Waals surface area contributed by atoms with E-state index in [1.807, 2.05) is 0 Å². The lowest BCUT2D eigenvalue weighted by Gasteiger charge is -2.51. The molecule has 0 aromatic heterocycles. The van der Waals surface area contributed by atoms with Gasteiger partial charge in [0, 0.05) is 36.2 Å². The standard InChI is InChI=1S/C16H32N2S/c1-13-11-18(9-10-19-13)16(12-17)7-5-14(6-8-16)15(2,3)4/h13-14H,5-12,17H2,1-4H3. The number of nitrogens with two attached hydrogens (primary N) is 1. The molecular formula is C16H32N2S. The Balaban J connectivity index is 2.01. The van der Waals surface area contributed by atoms with Crippen molar-refractivity contribution in [2.24, 2.45) is 17.1 Å². The first-order valence-electron chi connectivity index (χ1n) is 7.94. The summed E-state index contributed by atoms with van der Waals surface area (Å²) < 4.78 is 0. The van der Waals surface area contributed by atoms with Crippen molar-refractivity contribution in [1.82, 2.24) is 4.90 Å². The zero-order valence-electron chi connectivity index (χ0n) is 13.2. The molecule has 0 radical (unpaired) electrons. The van der Waals surface area contributed by atoms with Crippen LogP contribution in [-0.2, 0) is 0 Å². The zero-order valence-corrected chi connectivity index (χ0v) is 14.1. The van der Waals surface area contributed by atoms with Crippen LogP contribution in [-0.4, -0.2) is 41.1 Å². The smallest absolute Gasteiger partial charge is 0.0332 e. The van der Waals surface area contributed by atoms with Gasteiger partial charge in [-0.15, -0.1) is 0 Å². The van der Waals surface area contributed by atoms with E-state index in [0.717, 1.165) is 17.7 Å². The Morgan fingerprint density at radius 2 is 1.89 bits per heavy atom. The average molecular weight is 285 g/mol. The van der Waals surface area contributed by atoms with Crippen LogP contribution < -0.4 is 5.73 Å². The second-order valence-electron chi connectivity index (χ2n) is 7.70. The Labute approximate surface area is 123 Å². The fourth-order valence-electron chi connectivity index (χ4n) is 3.92. The van der Waals surface area contributed by atoms with E-state index in [1.165, 1.54) is 44.5 Å². The Morgan fingerprint density at radius 3 is 2.37 bits per heavy atom. The maximum absolute atomic E-state index is 6.22. The summed E-state index contributed by atoms with van der Waals surface area (Å²) in [5.41, 5.74) is 7.00. The number of rotatable bonds is 2. The van der Waals surface area contributed by atoms with Crippen LogP contribution in [0, 0.1) is 11.3 Å². The van der Waals surface area contributed by atoms with Crippen LogP contribution >= 0.6 is 11.8 Å². The zero-order chi connectivity index (χ0) is 14.1. The van der Waals surface area contributed by atoms with Gasteiger partial charge in [-0.1, -0.05) is 27.7 Å². The molecule has 1 unspecified atom stereocenters. The second-order valence-corrected chi connectivity index (χ2v) is 9.24. The molecule has 1 saturated carbocycles. The van der Waals surface area contributed by atoms with E-state index in [0.29, 0.717) is 11.0 Å². The van der Waals surface area contributed by atoms with E-state index >= 15 is 0 Å². The topological polar surface area (TPSA) is 29.3 Å². The summed E-state index contributed by atoms with van der Waals surface area (Å²) in [6.07, 6.45) is 5.34. The molecule has 1 aliphatic carbocycles. The summed E-state index contributed by atoms with van der Waals surface area (Å²) in [5.74, 6) is 2.16. The van der Waals surface area contributed by atoms with Crippen molar-refractivity contribution < 1.29 is 0 Å². The molecule has 1 aliphatic heterocycles. The maximum Gasteiger partial charge on any atom is 0.0332 e. The lowest BCUT2D eigenvalue weighted by Crippen LogP contribution is -2.59. The molecule has 2 nitrogen and oxygen atoms in total. The molecule has 0 amide bonds. The van der Waals surface area contributed by atoms with Crippen molar-refractivity contribution in [2.45, 2.75) is 64.2 Å². The van der Waals surface area contributed by atoms with Gasteiger partial charge < -0.3 is 5.73 Å². The van der Waals surface area contributed by atoms with Crippen LogP contribution in [0.2, 0.25) is 0 Å². The number of thioether (sulfide) groups is 1. The summed E-state index contributed by atoms with van der Waals surface area (Å²) in [4.78, 5) is 2.73. The minimum Gasteiger partial charge on any atom is -0.329 e. The first kappa shape index (κ1) is 15.7. The van der Waals surface area contributed by atoms with Crippen LogP contribution in [0.1, 0.15) is 53.4 Å². The highest BCUT2D eigenvalue weighted by atomic mass is 32.2. The van der Waals surface area contributed by atoms with E-state index in [2.05, 4.69) is 44.4 Å². The predicted molar refractivity (Wildman–Crippen MR) is 86.7 cm³/mol. The molecular weight excluding hydrogens is 252 g/mol. The van der Waals surface area contributed by atoms with Crippen LogP contribution in [0.3, 0.4) is 0 Å². The molecule has 3 heteroatoms. The number of nitrogens with zero attached hydrogens (tertiary/aromatic N) is 1. The second kappa shape index (κ2) is 5.95. The molecule has 0 aromatic carbocycles. The third kappa shape index (κ3) is 3.48. The molecule has 19 heavy (non-hydrogen) atoms. The van der Waals surface area contributed by atoms with Gasteiger partial charge in [-0.2, -0.15) is 11.8 Å². The van der Waals surface area contributed by atoms with Gasteiger partial charge in [-0.25, -0.2) is 0 Å². The molecule has 112 valence electrons. The lowest BCUT2D eigenvalue weighted by atomic mass is 9.66. The lowest BCUT2D eigenvalue weighted by molar-refractivity contribution is 0.0239. The van der Waals surface area contributed by atoms with Gasteiger partial charge in [0.05, 0.1) is 0 Å². The van der Waals surface area contributed by atoms with Crippen LogP contribution in [0.4, 0.5) is 0 Å². The average Bonchev–Trinajstić information content (AvgIpc) is 2.38. The predicted octanol–water partition coefficient (Wildman–Crippen LogP) is 3.36. The Morgan fingerprint density at radius 1 is 1.26 bits per heavy atom. The largest absolute Gasteiger partial charge is 0.329 e. The van der Waals surface area contributed by atoms with Crippen molar-refractivity contribution in [3.05, 3.63) is 0 Å². The number of hydrogen-bond donors (Lipinski definition) is 1. The molecule has 1 atom stereocenters. The third-order valence-corrected chi connectivity index (χ3v) is 6.57. The summed E-state index contributed by atoms with van der Waals surface area (Å²) in [6, 6.07) is 0. The van der Waals surface area contributed by atoms with Gasteiger partial charge in [-0.3, -0.25) is 4.90 Å². The molecule has 2 fully saturated rings. The first-order chi connectivity index (χ1) is 8.87. The Kier molecular flexibility index (Phi) is 4.90. The van der Waals surface area contributed by atoms with Crippen molar-refractivity contribution in [3.8, 4) is 0 Å². The van der Waals surface area contributed by atoms with Crippen molar-refractivity contribution >= 4 is 11.8 Å². The normalized spacial score (nSPS) is 38.4. The highest BCUT2D eigenvalue weighted by Crippen LogP contribution is 2.44. The molecule has 0 aromatic rings.